The van der Waals surface area contributed by atoms with E-state index in [1.54, 1.807) is 33.8 Å². The first kappa shape index (κ1) is 25.4. The van der Waals surface area contributed by atoms with Crippen molar-refractivity contribution in [2.45, 2.75) is 39.3 Å². The maximum atomic E-state index is 15.2. The number of anilines is 1. The molecule has 2 aromatic carbocycles. The van der Waals surface area contributed by atoms with Crippen molar-refractivity contribution in [2.24, 2.45) is 5.73 Å². The largest absolute Gasteiger partial charge is 0.382 e. The van der Waals surface area contributed by atoms with Crippen LogP contribution in [0.3, 0.4) is 0 Å². The smallest absolute Gasteiger partial charge is 0.248 e. The van der Waals surface area contributed by atoms with Crippen LogP contribution in [0.15, 0.2) is 42.7 Å². The third-order valence-electron chi connectivity index (χ3n) is 5.79. The van der Waals surface area contributed by atoms with Gasteiger partial charge in [-0.25, -0.2) is 23.7 Å². The van der Waals surface area contributed by atoms with Crippen molar-refractivity contribution < 1.29 is 18.7 Å². The molecule has 0 saturated carbocycles. The Kier molecular flexibility index (Phi) is 6.64. The van der Waals surface area contributed by atoms with Gasteiger partial charge in [-0.2, -0.15) is 0 Å². The van der Waals surface area contributed by atoms with Gasteiger partial charge in [0.1, 0.15) is 22.8 Å². The fourth-order valence-corrected chi connectivity index (χ4v) is 4.04. The van der Waals surface area contributed by atoms with E-state index in [2.05, 4.69) is 20.3 Å². The lowest BCUT2D eigenvalue weighted by atomic mass is 10.0. The summed E-state index contributed by atoms with van der Waals surface area (Å²) in [5.74, 6) is -1.59. The minimum atomic E-state index is -1.23. The fraction of sp³-hybridized carbons (Fsp3) is 0.231. The Labute approximate surface area is 211 Å². The minimum absolute atomic E-state index is 0.0794. The molecular weight excluding hydrogens is 488 g/mol. The molecule has 4 aromatic rings. The van der Waals surface area contributed by atoms with Crippen LogP contribution in [-0.2, 0) is 5.60 Å². The average molecular weight is 512 g/mol. The van der Waals surface area contributed by atoms with Crippen molar-refractivity contribution in [3.63, 3.8) is 0 Å². The lowest BCUT2D eigenvalue weighted by Gasteiger charge is -2.21. The number of aromatic nitrogens is 3. The molecule has 2 aromatic heterocycles. The summed E-state index contributed by atoms with van der Waals surface area (Å²) in [5.41, 5.74) is 6.26. The number of hydrogen-bond donors (Lipinski definition) is 3. The van der Waals surface area contributed by atoms with Gasteiger partial charge in [-0.05, 0) is 63.6 Å². The summed E-state index contributed by atoms with van der Waals surface area (Å²) < 4.78 is 29.9. The Morgan fingerprint density at radius 2 is 1.78 bits per heavy atom. The number of nitrogens with zero attached hydrogens (tertiary/aromatic N) is 3. The molecule has 0 aliphatic rings. The first-order valence-corrected chi connectivity index (χ1v) is 11.4. The molecule has 0 radical (unpaired) electrons. The van der Waals surface area contributed by atoms with Gasteiger partial charge in [0.2, 0.25) is 5.91 Å². The molecule has 7 nitrogen and oxygen atoms in total. The predicted octanol–water partition coefficient (Wildman–Crippen LogP) is 5.43. The SMILES string of the molecule is Cc1nc2c(F)cc(-c3cnc(C(C)(C)O)nc3)cc2c(NC(C)c2cc(C(N)=O)ccc2F)c1Cl. The number of rotatable bonds is 6. The monoisotopic (exact) mass is 511 g/mol. The van der Waals surface area contributed by atoms with Crippen LogP contribution in [0.25, 0.3) is 22.0 Å². The van der Waals surface area contributed by atoms with E-state index in [0.717, 1.165) is 0 Å². The lowest BCUT2D eigenvalue weighted by molar-refractivity contribution is 0.0687. The summed E-state index contributed by atoms with van der Waals surface area (Å²) in [6.45, 7) is 6.45. The molecular formula is C26H24ClF2N5O2. The number of fused-ring (bicyclic) bond motifs is 1. The van der Waals surface area contributed by atoms with Crippen LogP contribution in [0.1, 0.15) is 54.3 Å². The van der Waals surface area contributed by atoms with E-state index < -0.39 is 29.2 Å². The zero-order valence-corrected chi connectivity index (χ0v) is 20.8. The summed E-state index contributed by atoms with van der Waals surface area (Å²) in [7, 11) is 0. The molecule has 0 aliphatic carbocycles. The second-order valence-corrected chi connectivity index (χ2v) is 9.44. The standard InChI is InChI=1S/C26H24ClF2N5O2/c1-12(17-7-14(24(30)35)5-6-19(17)28)33-23-18-8-15(9-20(29)22(18)34-13(2)21(23)27)16-10-31-25(32-11-16)26(3,4)36/h5-12,36H,1-4H3,(H2,30,35)(H,33,34). The highest BCUT2D eigenvalue weighted by molar-refractivity contribution is 6.35. The number of primary amides is 1. The molecule has 1 amide bonds. The van der Waals surface area contributed by atoms with Crippen LogP contribution in [0, 0.1) is 18.6 Å². The number of amides is 1. The zero-order valence-electron chi connectivity index (χ0n) is 20.0. The van der Waals surface area contributed by atoms with Crippen molar-refractivity contribution in [1.29, 1.82) is 0 Å². The highest BCUT2D eigenvalue weighted by atomic mass is 35.5. The highest BCUT2D eigenvalue weighted by Crippen LogP contribution is 2.38. The molecule has 0 bridgehead atoms. The van der Waals surface area contributed by atoms with Gasteiger partial charge in [-0.1, -0.05) is 11.6 Å². The number of aliphatic hydroxyl groups is 1. The first-order chi connectivity index (χ1) is 16.9. The van der Waals surface area contributed by atoms with Gasteiger partial charge >= 0.3 is 0 Å². The molecule has 1 atom stereocenters. The Hall–Kier alpha value is -3.69. The van der Waals surface area contributed by atoms with Crippen molar-refractivity contribution in [2.75, 3.05) is 5.32 Å². The number of pyridine rings is 1. The Morgan fingerprint density at radius 3 is 2.39 bits per heavy atom. The van der Waals surface area contributed by atoms with Crippen molar-refractivity contribution in [1.82, 2.24) is 15.0 Å². The van der Waals surface area contributed by atoms with E-state index >= 15 is 4.39 Å². The number of hydrogen-bond acceptors (Lipinski definition) is 6. The predicted molar refractivity (Wildman–Crippen MR) is 135 cm³/mol. The molecule has 2 heterocycles. The van der Waals surface area contributed by atoms with Gasteiger partial charge < -0.3 is 16.2 Å². The van der Waals surface area contributed by atoms with Gasteiger partial charge in [-0.15, -0.1) is 0 Å². The Balaban J connectivity index is 1.83. The number of carbonyl (C=O) groups excluding carboxylic acids is 1. The maximum absolute atomic E-state index is 15.2. The van der Waals surface area contributed by atoms with Crippen LogP contribution < -0.4 is 11.1 Å². The number of nitrogens with one attached hydrogen (secondary N) is 1. The van der Waals surface area contributed by atoms with E-state index in [4.69, 9.17) is 17.3 Å². The minimum Gasteiger partial charge on any atom is -0.382 e. The average Bonchev–Trinajstić information content (AvgIpc) is 2.82. The van der Waals surface area contributed by atoms with Crippen molar-refractivity contribution in [3.8, 4) is 11.1 Å². The molecule has 186 valence electrons. The normalized spacial score (nSPS) is 12.6. The fourth-order valence-electron chi connectivity index (χ4n) is 3.84. The second kappa shape index (κ2) is 9.40. The Morgan fingerprint density at radius 1 is 1.11 bits per heavy atom. The molecule has 1 unspecified atom stereocenters. The third-order valence-corrected chi connectivity index (χ3v) is 6.25. The number of benzene rings is 2. The lowest BCUT2D eigenvalue weighted by Crippen LogP contribution is -2.19. The number of halogens is 3. The van der Waals surface area contributed by atoms with Crippen LogP contribution >= 0.6 is 11.6 Å². The molecule has 4 rings (SSSR count). The van der Waals surface area contributed by atoms with Gasteiger partial charge in [0.15, 0.2) is 5.82 Å². The number of aryl methyl sites for hydroxylation is 1. The van der Waals surface area contributed by atoms with Gasteiger partial charge in [0, 0.05) is 34.5 Å². The second-order valence-electron chi connectivity index (χ2n) is 9.06. The van der Waals surface area contributed by atoms with Crippen molar-refractivity contribution in [3.05, 3.63) is 82.0 Å². The molecule has 0 aliphatic heterocycles. The Bertz CT molecular complexity index is 1490. The molecule has 4 N–H and O–H groups in total. The topological polar surface area (TPSA) is 114 Å². The molecule has 0 fully saturated rings. The summed E-state index contributed by atoms with van der Waals surface area (Å²) in [5, 5.41) is 13.9. The van der Waals surface area contributed by atoms with Crippen molar-refractivity contribution >= 4 is 34.1 Å². The van der Waals surface area contributed by atoms with Crippen LogP contribution in [0.2, 0.25) is 5.02 Å². The van der Waals surface area contributed by atoms with Crippen LogP contribution in [0.5, 0.6) is 0 Å². The highest BCUT2D eigenvalue weighted by Gasteiger charge is 2.22. The summed E-state index contributed by atoms with van der Waals surface area (Å²) in [6, 6.07) is 6.18. The van der Waals surface area contributed by atoms with Crippen LogP contribution in [0.4, 0.5) is 14.5 Å². The van der Waals surface area contributed by atoms with Gasteiger partial charge in [-0.3, -0.25) is 4.79 Å². The summed E-state index contributed by atoms with van der Waals surface area (Å²) in [4.78, 5) is 24.3. The molecule has 10 heteroatoms. The molecule has 36 heavy (non-hydrogen) atoms. The molecule has 0 saturated heterocycles. The summed E-state index contributed by atoms with van der Waals surface area (Å²) in [6.07, 6.45) is 2.98. The van der Waals surface area contributed by atoms with E-state index in [1.807, 2.05) is 0 Å². The zero-order chi connectivity index (χ0) is 26.4. The van der Waals surface area contributed by atoms with E-state index in [-0.39, 0.29) is 27.5 Å². The number of carbonyl (C=O) groups is 1. The number of nitrogens with two attached hydrogens (primary N) is 1. The van der Waals surface area contributed by atoms with E-state index in [9.17, 15) is 14.3 Å². The first-order valence-electron chi connectivity index (χ1n) is 11.1. The van der Waals surface area contributed by atoms with Gasteiger partial charge in [0.05, 0.1) is 22.4 Å². The van der Waals surface area contributed by atoms with Gasteiger partial charge in [0.25, 0.3) is 0 Å². The maximum Gasteiger partial charge on any atom is 0.248 e. The summed E-state index contributed by atoms with van der Waals surface area (Å²) >= 11 is 6.58. The van der Waals surface area contributed by atoms with E-state index in [1.165, 1.54) is 36.7 Å². The third kappa shape index (κ3) is 4.84. The van der Waals surface area contributed by atoms with E-state index in [0.29, 0.717) is 27.9 Å². The van der Waals surface area contributed by atoms with Crippen LogP contribution in [-0.4, -0.2) is 26.0 Å². The quantitative estimate of drug-likeness (QED) is 0.318. The molecule has 0 spiro atoms.